The molecule has 0 heterocycles. The molecule has 1 aromatic carbocycles. The SMILES string of the molecule is CC1c2cccc(Cl)c2CCC1CN. The smallest absolute Gasteiger partial charge is 0.0440 e. The highest BCUT2D eigenvalue weighted by atomic mass is 35.5. The quantitative estimate of drug-likeness (QED) is 0.756. The van der Waals surface area contributed by atoms with Gasteiger partial charge >= 0.3 is 0 Å². The van der Waals surface area contributed by atoms with Gasteiger partial charge in [-0.05, 0) is 48.4 Å². The van der Waals surface area contributed by atoms with Crippen LogP contribution in [0, 0.1) is 5.92 Å². The van der Waals surface area contributed by atoms with Crippen molar-refractivity contribution in [1.82, 2.24) is 0 Å². The second-order valence-electron chi connectivity index (χ2n) is 4.13. The minimum atomic E-state index is 0.558. The van der Waals surface area contributed by atoms with Crippen LogP contribution in [0.4, 0.5) is 0 Å². The Bertz CT molecular complexity index is 335. The van der Waals surface area contributed by atoms with Crippen LogP contribution in [-0.2, 0) is 6.42 Å². The average Bonchev–Trinajstić information content (AvgIpc) is 2.20. The van der Waals surface area contributed by atoms with Gasteiger partial charge in [-0.3, -0.25) is 0 Å². The molecule has 1 aliphatic rings. The molecule has 0 radical (unpaired) electrons. The first-order valence-electron chi connectivity index (χ1n) is 5.21. The van der Waals surface area contributed by atoms with Gasteiger partial charge in [-0.15, -0.1) is 0 Å². The van der Waals surface area contributed by atoms with Gasteiger partial charge in [0.25, 0.3) is 0 Å². The molecule has 2 rings (SSSR count). The van der Waals surface area contributed by atoms with E-state index in [1.165, 1.54) is 17.5 Å². The largest absolute Gasteiger partial charge is 0.330 e. The summed E-state index contributed by atoms with van der Waals surface area (Å²) >= 11 is 6.17. The van der Waals surface area contributed by atoms with Crippen molar-refractivity contribution < 1.29 is 0 Å². The van der Waals surface area contributed by atoms with E-state index in [1.807, 2.05) is 12.1 Å². The molecule has 2 heteroatoms. The van der Waals surface area contributed by atoms with E-state index < -0.39 is 0 Å². The summed E-state index contributed by atoms with van der Waals surface area (Å²) < 4.78 is 0. The monoisotopic (exact) mass is 209 g/mol. The molecule has 1 aromatic rings. The summed E-state index contributed by atoms with van der Waals surface area (Å²) in [5.41, 5.74) is 8.50. The van der Waals surface area contributed by atoms with E-state index in [0.717, 1.165) is 18.0 Å². The van der Waals surface area contributed by atoms with E-state index in [9.17, 15) is 0 Å². The molecule has 0 aliphatic heterocycles. The third-order valence-corrected chi connectivity index (χ3v) is 3.77. The van der Waals surface area contributed by atoms with Gasteiger partial charge < -0.3 is 5.73 Å². The van der Waals surface area contributed by atoms with Crippen LogP contribution >= 0.6 is 11.6 Å². The maximum Gasteiger partial charge on any atom is 0.0440 e. The Morgan fingerprint density at radius 1 is 1.50 bits per heavy atom. The molecule has 14 heavy (non-hydrogen) atoms. The third kappa shape index (κ3) is 1.55. The Morgan fingerprint density at radius 2 is 2.29 bits per heavy atom. The van der Waals surface area contributed by atoms with Crippen LogP contribution < -0.4 is 5.73 Å². The van der Waals surface area contributed by atoms with Crippen LogP contribution in [-0.4, -0.2) is 6.54 Å². The molecular weight excluding hydrogens is 194 g/mol. The van der Waals surface area contributed by atoms with Crippen LogP contribution in [0.15, 0.2) is 18.2 Å². The first-order chi connectivity index (χ1) is 6.74. The topological polar surface area (TPSA) is 26.0 Å². The van der Waals surface area contributed by atoms with Gasteiger partial charge in [0.15, 0.2) is 0 Å². The number of hydrogen-bond donors (Lipinski definition) is 1. The fourth-order valence-electron chi connectivity index (χ4n) is 2.42. The van der Waals surface area contributed by atoms with E-state index in [1.54, 1.807) is 0 Å². The third-order valence-electron chi connectivity index (χ3n) is 3.42. The lowest BCUT2D eigenvalue weighted by atomic mass is 9.76. The Labute approximate surface area is 90.3 Å². The summed E-state index contributed by atoms with van der Waals surface area (Å²) in [6, 6.07) is 6.21. The minimum Gasteiger partial charge on any atom is -0.330 e. The number of rotatable bonds is 1. The summed E-state index contributed by atoms with van der Waals surface area (Å²) in [4.78, 5) is 0. The summed E-state index contributed by atoms with van der Waals surface area (Å²) in [6.45, 7) is 3.04. The van der Waals surface area contributed by atoms with Crippen molar-refractivity contribution in [2.24, 2.45) is 11.7 Å². The Kier molecular flexibility index (Phi) is 2.80. The summed E-state index contributed by atoms with van der Waals surface area (Å²) in [6.07, 6.45) is 2.26. The molecule has 1 nitrogen and oxygen atoms in total. The van der Waals surface area contributed by atoms with Gasteiger partial charge in [0.2, 0.25) is 0 Å². The maximum absolute atomic E-state index is 6.17. The summed E-state index contributed by atoms with van der Waals surface area (Å²) in [5, 5.41) is 0.921. The molecule has 0 saturated heterocycles. The van der Waals surface area contributed by atoms with E-state index in [4.69, 9.17) is 17.3 Å². The molecule has 2 atom stereocenters. The van der Waals surface area contributed by atoms with E-state index in [0.29, 0.717) is 11.8 Å². The molecule has 2 N–H and O–H groups in total. The van der Waals surface area contributed by atoms with Crippen LogP contribution in [0.5, 0.6) is 0 Å². The van der Waals surface area contributed by atoms with Crippen molar-refractivity contribution in [3.8, 4) is 0 Å². The van der Waals surface area contributed by atoms with E-state index in [2.05, 4.69) is 13.0 Å². The van der Waals surface area contributed by atoms with Gasteiger partial charge in [-0.25, -0.2) is 0 Å². The van der Waals surface area contributed by atoms with E-state index in [-0.39, 0.29) is 0 Å². The second kappa shape index (κ2) is 3.92. The highest BCUT2D eigenvalue weighted by molar-refractivity contribution is 6.31. The van der Waals surface area contributed by atoms with Crippen LogP contribution in [0.1, 0.15) is 30.4 Å². The van der Waals surface area contributed by atoms with Crippen molar-refractivity contribution >= 4 is 11.6 Å². The molecule has 0 spiro atoms. The fraction of sp³-hybridized carbons (Fsp3) is 0.500. The van der Waals surface area contributed by atoms with Crippen molar-refractivity contribution in [2.75, 3.05) is 6.54 Å². The van der Waals surface area contributed by atoms with E-state index >= 15 is 0 Å². The van der Waals surface area contributed by atoms with Crippen molar-refractivity contribution in [2.45, 2.75) is 25.7 Å². The molecule has 76 valence electrons. The first kappa shape index (κ1) is 10.0. The Balaban J connectivity index is 2.41. The summed E-state index contributed by atoms with van der Waals surface area (Å²) in [7, 11) is 0. The van der Waals surface area contributed by atoms with Gasteiger partial charge in [-0.1, -0.05) is 30.7 Å². The predicted molar refractivity (Wildman–Crippen MR) is 60.7 cm³/mol. The molecular formula is C12H16ClN. The highest BCUT2D eigenvalue weighted by Crippen LogP contribution is 2.38. The van der Waals surface area contributed by atoms with Gasteiger partial charge in [-0.2, -0.15) is 0 Å². The standard InChI is InChI=1S/C12H16ClN/c1-8-9(7-14)5-6-11-10(8)3-2-4-12(11)13/h2-4,8-9H,5-7,14H2,1H3. The zero-order valence-corrected chi connectivity index (χ0v) is 9.22. The lowest BCUT2D eigenvalue weighted by Gasteiger charge is -2.30. The van der Waals surface area contributed by atoms with Crippen LogP contribution in [0.25, 0.3) is 0 Å². The number of hydrogen-bond acceptors (Lipinski definition) is 1. The minimum absolute atomic E-state index is 0.558. The predicted octanol–water partition coefficient (Wildman–Crippen LogP) is 2.96. The molecule has 0 fully saturated rings. The highest BCUT2D eigenvalue weighted by Gasteiger charge is 2.25. The molecule has 1 aliphatic carbocycles. The number of fused-ring (bicyclic) bond motifs is 1. The molecule has 0 bridgehead atoms. The van der Waals surface area contributed by atoms with Crippen molar-refractivity contribution in [3.63, 3.8) is 0 Å². The normalized spacial score (nSPS) is 25.9. The number of halogens is 1. The Hall–Kier alpha value is -0.530. The average molecular weight is 210 g/mol. The zero-order chi connectivity index (χ0) is 10.1. The van der Waals surface area contributed by atoms with Crippen LogP contribution in [0.3, 0.4) is 0 Å². The fourth-order valence-corrected chi connectivity index (χ4v) is 2.70. The maximum atomic E-state index is 6.17. The number of nitrogens with two attached hydrogens (primary N) is 1. The Morgan fingerprint density at radius 3 is 3.00 bits per heavy atom. The van der Waals surface area contributed by atoms with Crippen molar-refractivity contribution in [3.05, 3.63) is 34.3 Å². The molecule has 2 unspecified atom stereocenters. The lowest BCUT2D eigenvalue weighted by Crippen LogP contribution is -2.25. The van der Waals surface area contributed by atoms with Crippen molar-refractivity contribution in [1.29, 1.82) is 0 Å². The zero-order valence-electron chi connectivity index (χ0n) is 8.46. The van der Waals surface area contributed by atoms with Gasteiger partial charge in [0, 0.05) is 5.02 Å². The van der Waals surface area contributed by atoms with Gasteiger partial charge in [0.1, 0.15) is 0 Å². The molecule has 0 amide bonds. The lowest BCUT2D eigenvalue weighted by molar-refractivity contribution is 0.401. The number of benzene rings is 1. The molecule has 0 aromatic heterocycles. The first-order valence-corrected chi connectivity index (χ1v) is 5.59. The van der Waals surface area contributed by atoms with Gasteiger partial charge in [0.05, 0.1) is 0 Å². The summed E-state index contributed by atoms with van der Waals surface area (Å²) in [5.74, 6) is 1.18. The second-order valence-corrected chi connectivity index (χ2v) is 4.54. The van der Waals surface area contributed by atoms with Crippen LogP contribution in [0.2, 0.25) is 5.02 Å². The molecule has 0 saturated carbocycles.